The lowest BCUT2D eigenvalue weighted by molar-refractivity contribution is -0.159. The van der Waals surface area contributed by atoms with Crippen LogP contribution in [0.25, 0.3) is 0 Å². The second-order valence-electron chi connectivity index (χ2n) is 6.97. The van der Waals surface area contributed by atoms with Crippen LogP contribution in [0.5, 0.6) is 5.75 Å². The van der Waals surface area contributed by atoms with Crippen molar-refractivity contribution in [2.45, 2.75) is 52.2 Å². The van der Waals surface area contributed by atoms with E-state index < -0.39 is 0 Å². The Morgan fingerprint density at radius 3 is 2.55 bits per heavy atom. The Balaban J connectivity index is 1.89. The minimum Gasteiger partial charge on any atom is -0.484 e. The molecule has 0 saturated carbocycles. The molecule has 0 N–H and O–H groups in total. The molecule has 1 heterocycles. The van der Waals surface area contributed by atoms with Crippen molar-refractivity contribution in [3.8, 4) is 5.75 Å². The van der Waals surface area contributed by atoms with Gasteiger partial charge in [0.05, 0.1) is 11.7 Å². The van der Waals surface area contributed by atoms with E-state index in [9.17, 15) is 4.79 Å². The Morgan fingerprint density at radius 1 is 1.36 bits per heavy atom. The lowest BCUT2D eigenvalue weighted by Gasteiger charge is -2.41. The third kappa shape index (κ3) is 4.47. The van der Waals surface area contributed by atoms with Gasteiger partial charge in [-0.05, 0) is 44.4 Å². The summed E-state index contributed by atoms with van der Waals surface area (Å²) in [6.07, 6.45) is 0.0537. The second-order valence-corrected chi connectivity index (χ2v) is 6.97. The van der Waals surface area contributed by atoms with Crippen molar-refractivity contribution in [1.82, 2.24) is 4.90 Å². The molecule has 1 aromatic rings. The zero-order chi connectivity index (χ0) is 16.3. The van der Waals surface area contributed by atoms with Gasteiger partial charge in [0.1, 0.15) is 5.75 Å². The first-order chi connectivity index (χ1) is 10.3. The molecule has 0 aromatic heterocycles. The summed E-state index contributed by atoms with van der Waals surface area (Å²) in [6.45, 7) is 11.6. The zero-order valence-corrected chi connectivity index (χ0v) is 14.3. The molecule has 1 aliphatic rings. The largest absolute Gasteiger partial charge is 0.484 e. The van der Waals surface area contributed by atoms with Crippen molar-refractivity contribution in [3.05, 3.63) is 29.8 Å². The maximum Gasteiger partial charge on any atom is 0.260 e. The molecule has 122 valence electrons. The molecule has 0 bridgehead atoms. The molecule has 1 aliphatic heterocycles. The maximum atomic E-state index is 12.3. The number of carbonyl (C=O) groups excluding carboxylic acids is 1. The van der Waals surface area contributed by atoms with Crippen LogP contribution in [0.1, 0.15) is 46.1 Å². The van der Waals surface area contributed by atoms with Crippen LogP contribution in [0.4, 0.5) is 0 Å². The Kier molecular flexibility index (Phi) is 5.12. The van der Waals surface area contributed by atoms with Crippen LogP contribution < -0.4 is 4.74 Å². The first-order valence-electron chi connectivity index (χ1n) is 7.95. The van der Waals surface area contributed by atoms with E-state index in [1.807, 2.05) is 49.9 Å². The zero-order valence-electron chi connectivity index (χ0n) is 14.3. The molecule has 1 aromatic carbocycles. The van der Waals surface area contributed by atoms with Crippen LogP contribution >= 0.6 is 0 Å². The average Bonchev–Trinajstić information content (AvgIpc) is 2.43. The number of nitrogens with zero attached hydrogens (tertiary/aromatic N) is 1. The second kappa shape index (κ2) is 6.69. The first kappa shape index (κ1) is 16.8. The monoisotopic (exact) mass is 305 g/mol. The van der Waals surface area contributed by atoms with Crippen LogP contribution in [0.15, 0.2) is 24.3 Å². The Labute approximate surface area is 133 Å². The number of morpholine rings is 1. The molecule has 0 aliphatic carbocycles. The van der Waals surface area contributed by atoms with E-state index in [4.69, 9.17) is 9.47 Å². The normalized spacial score (nSPS) is 21.0. The average molecular weight is 305 g/mol. The van der Waals surface area contributed by atoms with Gasteiger partial charge in [-0.1, -0.05) is 26.0 Å². The first-order valence-corrected chi connectivity index (χ1v) is 7.95. The molecule has 1 saturated heterocycles. The van der Waals surface area contributed by atoms with Crippen molar-refractivity contribution in [3.63, 3.8) is 0 Å². The van der Waals surface area contributed by atoms with Gasteiger partial charge < -0.3 is 14.4 Å². The van der Waals surface area contributed by atoms with Crippen LogP contribution in [0, 0.1) is 0 Å². The number of carbonyl (C=O) groups is 1. The van der Waals surface area contributed by atoms with Crippen molar-refractivity contribution >= 4 is 5.91 Å². The molecular weight excluding hydrogens is 278 g/mol. The third-order valence-electron chi connectivity index (χ3n) is 3.83. The predicted octanol–water partition coefficient (Wildman–Crippen LogP) is 3.21. The van der Waals surface area contributed by atoms with E-state index in [0.717, 1.165) is 5.75 Å². The number of rotatable bonds is 4. The minimum absolute atomic E-state index is 0.0103. The Bertz CT molecular complexity index is 508. The summed E-state index contributed by atoms with van der Waals surface area (Å²) in [4.78, 5) is 14.2. The predicted molar refractivity (Wildman–Crippen MR) is 87.2 cm³/mol. The summed E-state index contributed by atoms with van der Waals surface area (Å²) in [6, 6.07) is 7.94. The fourth-order valence-corrected chi connectivity index (χ4v) is 2.83. The quantitative estimate of drug-likeness (QED) is 0.857. The van der Waals surface area contributed by atoms with Gasteiger partial charge in [0.15, 0.2) is 6.61 Å². The molecule has 4 nitrogen and oxygen atoms in total. The standard InChI is InChI=1S/C18H27NO3/c1-13(2)15-6-8-16(9-7-15)21-11-17(20)19-10-14(3)22-18(4,5)12-19/h6-9,13-14H,10-12H2,1-5H3. The number of benzene rings is 1. The lowest BCUT2D eigenvalue weighted by Crippen LogP contribution is -2.54. The van der Waals surface area contributed by atoms with E-state index in [1.54, 1.807) is 0 Å². The van der Waals surface area contributed by atoms with E-state index in [0.29, 0.717) is 19.0 Å². The summed E-state index contributed by atoms with van der Waals surface area (Å²) < 4.78 is 11.4. The summed E-state index contributed by atoms with van der Waals surface area (Å²) in [7, 11) is 0. The number of amides is 1. The topological polar surface area (TPSA) is 38.8 Å². The summed E-state index contributed by atoms with van der Waals surface area (Å²) in [5.74, 6) is 1.24. The van der Waals surface area contributed by atoms with Crippen molar-refractivity contribution in [2.24, 2.45) is 0 Å². The summed E-state index contributed by atoms with van der Waals surface area (Å²) >= 11 is 0. The number of ether oxygens (including phenoxy) is 2. The number of hydrogen-bond donors (Lipinski definition) is 0. The van der Waals surface area contributed by atoms with Gasteiger partial charge in [0.25, 0.3) is 5.91 Å². The van der Waals surface area contributed by atoms with E-state index in [2.05, 4.69) is 13.8 Å². The van der Waals surface area contributed by atoms with Gasteiger partial charge >= 0.3 is 0 Å². The molecule has 4 heteroatoms. The summed E-state index contributed by atoms with van der Waals surface area (Å²) in [5.41, 5.74) is 0.967. The van der Waals surface area contributed by atoms with Gasteiger partial charge in [-0.15, -0.1) is 0 Å². The molecule has 0 spiro atoms. The van der Waals surface area contributed by atoms with Gasteiger partial charge in [-0.3, -0.25) is 4.79 Å². The molecule has 1 atom stereocenters. The van der Waals surface area contributed by atoms with Crippen LogP contribution in [0.2, 0.25) is 0 Å². The smallest absolute Gasteiger partial charge is 0.260 e. The highest BCUT2D eigenvalue weighted by atomic mass is 16.5. The number of hydrogen-bond acceptors (Lipinski definition) is 3. The highest BCUT2D eigenvalue weighted by Gasteiger charge is 2.33. The fraction of sp³-hybridized carbons (Fsp3) is 0.611. The molecule has 1 fully saturated rings. The Hall–Kier alpha value is -1.55. The van der Waals surface area contributed by atoms with Crippen molar-refractivity contribution in [2.75, 3.05) is 19.7 Å². The molecule has 22 heavy (non-hydrogen) atoms. The molecule has 0 radical (unpaired) electrons. The SMILES string of the molecule is CC1CN(C(=O)COc2ccc(C(C)C)cc2)CC(C)(C)O1. The van der Waals surface area contributed by atoms with Crippen molar-refractivity contribution < 1.29 is 14.3 Å². The third-order valence-corrected chi connectivity index (χ3v) is 3.83. The highest BCUT2D eigenvalue weighted by Crippen LogP contribution is 2.21. The van der Waals surface area contributed by atoms with E-state index >= 15 is 0 Å². The lowest BCUT2D eigenvalue weighted by atomic mass is 10.0. The van der Waals surface area contributed by atoms with Crippen LogP contribution in [-0.2, 0) is 9.53 Å². The fourth-order valence-electron chi connectivity index (χ4n) is 2.83. The van der Waals surface area contributed by atoms with Crippen LogP contribution in [0.3, 0.4) is 0 Å². The van der Waals surface area contributed by atoms with Gasteiger partial charge in [0, 0.05) is 13.1 Å². The molecular formula is C18H27NO3. The highest BCUT2D eigenvalue weighted by molar-refractivity contribution is 5.78. The summed E-state index contributed by atoms with van der Waals surface area (Å²) in [5, 5.41) is 0. The minimum atomic E-state index is -0.299. The van der Waals surface area contributed by atoms with Gasteiger partial charge in [0.2, 0.25) is 0 Å². The Morgan fingerprint density at radius 2 is 2.00 bits per heavy atom. The van der Waals surface area contributed by atoms with Crippen LogP contribution in [-0.4, -0.2) is 42.2 Å². The maximum absolute atomic E-state index is 12.3. The molecule has 1 unspecified atom stereocenters. The van der Waals surface area contributed by atoms with E-state index in [-0.39, 0.29) is 24.2 Å². The molecule has 1 amide bonds. The van der Waals surface area contributed by atoms with Crippen molar-refractivity contribution in [1.29, 1.82) is 0 Å². The van der Waals surface area contributed by atoms with E-state index in [1.165, 1.54) is 5.56 Å². The van der Waals surface area contributed by atoms with Gasteiger partial charge in [-0.2, -0.15) is 0 Å². The molecule has 2 rings (SSSR count). The van der Waals surface area contributed by atoms with Gasteiger partial charge in [-0.25, -0.2) is 0 Å².